The number of rotatable bonds is 3. The molecule has 0 heterocycles. The van der Waals surface area contributed by atoms with Crippen molar-refractivity contribution in [2.75, 3.05) is 0 Å². The van der Waals surface area contributed by atoms with E-state index in [9.17, 15) is 0 Å². The zero-order valence-electron chi connectivity index (χ0n) is 5.68. The van der Waals surface area contributed by atoms with Crippen LogP contribution in [0.1, 0.15) is 32.6 Å². The third-order valence-electron chi connectivity index (χ3n) is 1.03. The fourth-order valence-electron chi connectivity index (χ4n) is 0.552. The summed E-state index contributed by atoms with van der Waals surface area (Å²) in [6.07, 6.45) is 4.94. The van der Waals surface area contributed by atoms with E-state index in [1.165, 1.54) is 19.3 Å². The van der Waals surface area contributed by atoms with E-state index in [0.717, 1.165) is 13.2 Å². The Morgan fingerprint density at radius 2 is 2.22 bits per heavy atom. The molecule has 0 aromatic heterocycles. The second-order valence-electron chi connectivity index (χ2n) is 1.84. The van der Waals surface area contributed by atoms with Crippen LogP contribution in [0.2, 0.25) is 0 Å². The summed E-state index contributed by atoms with van der Waals surface area (Å²) in [5, 5.41) is 0. The van der Waals surface area contributed by atoms with Crippen molar-refractivity contribution in [2.45, 2.75) is 32.6 Å². The van der Waals surface area contributed by atoms with E-state index in [4.69, 9.17) is 0 Å². The SMILES string of the molecule is CCCCCC#CP=[Se]. The van der Waals surface area contributed by atoms with Gasteiger partial charge in [0.15, 0.2) is 0 Å². The van der Waals surface area contributed by atoms with Crippen LogP contribution in [-0.4, -0.2) is 15.1 Å². The summed E-state index contributed by atoms with van der Waals surface area (Å²) in [5.41, 5.74) is 2.97. The molecule has 0 radical (unpaired) electrons. The molecule has 0 amide bonds. The molecule has 0 fully saturated rings. The quantitative estimate of drug-likeness (QED) is 0.287. The maximum atomic E-state index is 3.08. The van der Waals surface area contributed by atoms with Gasteiger partial charge in [-0.05, 0) is 0 Å². The zero-order chi connectivity index (χ0) is 6.95. The molecule has 0 aliphatic rings. The predicted octanol–water partition coefficient (Wildman–Crippen LogP) is 2.56. The van der Waals surface area contributed by atoms with Crippen molar-refractivity contribution in [3.8, 4) is 11.6 Å². The van der Waals surface area contributed by atoms with Crippen molar-refractivity contribution >= 4 is 21.9 Å². The van der Waals surface area contributed by atoms with Gasteiger partial charge in [-0.1, -0.05) is 0 Å². The summed E-state index contributed by atoms with van der Waals surface area (Å²) < 4.78 is 0. The van der Waals surface area contributed by atoms with Crippen molar-refractivity contribution in [3.63, 3.8) is 0 Å². The van der Waals surface area contributed by atoms with Crippen LogP contribution in [0.15, 0.2) is 0 Å². The van der Waals surface area contributed by atoms with Gasteiger partial charge in [0.1, 0.15) is 0 Å². The summed E-state index contributed by atoms with van der Waals surface area (Å²) in [7, 11) is 0. The summed E-state index contributed by atoms with van der Waals surface area (Å²) in [5.74, 6) is 3.08. The molecule has 0 rings (SSSR count). The first kappa shape index (κ1) is 9.38. The number of hydrogen-bond acceptors (Lipinski definition) is 0. The minimum atomic E-state index is 1.07. The van der Waals surface area contributed by atoms with Crippen LogP contribution in [0, 0.1) is 11.6 Å². The molecule has 0 saturated carbocycles. The van der Waals surface area contributed by atoms with E-state index in [-0.39, 0.29) is 0 Å². The van der Waals surface area contributed by atoms with Crippen LogP contribution >= 0.6 is 6.83 Å². The summed E-state index contributed by atoms with van der Waals surface area (Å²) >= 11 is 2.83. The standard InChI is InChI=1S/C7H11PSe/c1-2-3-4-5-6-7-8-9/h2-5H2,1H3. The van der Waals surface area contributed by atoms with E-state index in [0.29, 0.717) is 0 Å². The molecule has 0 bridgehead atoms. The van der Waals surface area contributed by atoms with E-state index in [1.54, 1.807) is 0 Å². The molecule has 0 spiro atoms. The Kier molecular flexibility index (Phi) is 8.73. The van der Waals surface area contributed by atoms with Crippen molar-refractivity contribution in [3.05, 3.63) is 0 Å². The molecule has 0 N–H and O–H groups in total. The molecule has 0 saturated heterocycles. The second kappa shape index (κ2) is 8.38. The van der Waals surface area contributed by atoms with Crippen LogP contribution in [0.5, 0.6) is 0 Å². The summed E-state index contributed by atoms with van der Waals surface area (Å²) in [6.45, 7) is 3.29. The van der Waals surface area contributed by atoms with Crippen molar-refractivity contribution in [1.29, 1.82) is 0 Å². The van der Waals surface area contributed by atoms with Crippen molar-refractivity contribution < 1.29 is 0 Å². The van der Waals surface area contributed by atoms with Gasteiger partial charge in [0.2, 0.25) is 0 Å². The fraction of sp³-hybridized carbons (Fsp3) is 0.714. The van der Waals surface area contributed by atoms with Crippen LogP contribution in [0.25, 0.3) is 0 Å². The summed E-state index contributed by atoms with van der Waals surface area (Å²) in [4.78, 5) is 0. The molecule has 0 nitrogen and oxygen atoms in total. The molecule has 0 aromatic carbocycles. The Bertz CT molecular complexity index is 121. The average molecular weight is 205 g/mol. The van der Waals surface area contributed by atoms with Crippen LogP contribution in [0.4, 0.5) is 0 Å². The molecular weight excluding hydrogens is 194 g/mol. The third-order valence-corrected chi connectivity index (χ3v) is 1.85. The van der Waals surface area contributed by atoms with E-state index in [2.05, 4.69) is 33.6 Å². The van der Waals surface area contributed by atoms with Gasteiger partial charge in [-0.15, -0.1) is 0 Å². The summed E-state index contributed by atoms with van der Waals surface area (Å²) in [6, 6.07) is 0. The van der Waals surface area contributed by atoms with Crippen molar-refractivity contribution in [1.82, 2.24) is 0 Å². The Hall–Kier alpha value is 0.379. The molecule has 2 heteroatoms. The van der Waals surface area contributed by atoms with Gasteiger partial charge in [0.25, 0.3) is 0 Å². The van der Waals surface area contributed by atoms with Crippen molar-refractivity contribution in [2.24, 2.45) is 0 Å². The fourth-order valence-corrected chi connectivity index (χ4v) is 1.13. The number of hydrogen-bond donors (Lipinski definition) is 0. The van der Waals surface area contributed by atoms with Gasteiger partial charge in [-0.3, -0.25) is 0 Å². The van der Waals surface area contributed by atoms with E-state index in [1.807, 2.05) is 0 Å². The first-order valence-corrected chi connectivity index (χ1v) is 6.33. The van der Waals surface area contributed by atoms with Crippen LogP contribution in [-0.2, 0) is 0 Å². The van der Waals surface area contributed by atoms with Gasteiger partial charge in [-0.2, -0.15) is 0 Å². The van der Waals surface area contributed by atoms with Gasteiger partial charge in [0.05, 0.1) is 0 Å². The zero-order valence-corrected chi connectivity index (χ0v) is 8.29. The molecule has 0 aliphatic carbocycles. The topological polar surface area (TPSA) is 0 Å². The van der Waals surface area contributed by atoms with E-state index >= 15 is 0 Å². The number of unbranched alkanes of at least 4 members (excludes halogenated alkanes) is 3. The molecule has 0 atom stereocenters. The Morgan fingerprint density at radius 3 is 2.78 bits per heavy atom. The second-order valence-corrected chi connectivity index (χ2v) is 3.39. The third kappa shape index (κ3) is 8.38. The average Bonchev–Trinajstić information content (AvgIpc) is 1.89. The molecular formula is C7H11PSe. The predicted molar refractivity (Wildman–Crippen MR) is 44.6 cm³/mol. The monoisotopic (exact) mass is 206 g/mol. The Balaban J connectivity index is 2.99. The Labute approximate surface area is 66.5 Å². The Morgan fingerprint density at radius 1 is 1.44 bits per heavy atom. The first-order valence-electron chi connectivity index (χ1n) is 3.22. The van der Waals surface area contributed by atoms with E-state index < -0.39 is 0 Å². The minimum absolute atomic E-state index is 1.07. The maximum absolute atomic E-state index is 3.08. The van der Waals surface area contributed by atoms with Gasteiger partial charge in [-0.25, -0.2) is 0 Å². The van der Waals surface area contributed by atoms with Gasteiger partial charge in [0, 0.05) is 0 Å². The molecule has 0 aromatic rings. The normalized spacial score (nSPS) is 8.56. The first-order chi connectivity index (χ1) is 4.41. The molecule has 0 aliphatic heterocycles. The molecule has 50 valence electrons. The van der Waals surface area contributed by atoms with Crippen LogP contribution in [0.3, 0.4) is 0 Å². The molecule has 9 heavy (non-hydrogen) atoms. The van der Waals surface area contributed by atoms with Crippen LogP contribution < -0.4 is 0 Å². The molecule has 0 unspecified atom stereocenters. The van der Waals surface area contributed by atoms with Gasteiger partial charge < -0.3 is 0 Å². The van der Waals surface area contributed by atoms with Gasteiger partial charge >= 0.3 is 66.1 Å².